The molecule has 1 saturated heterocycles. The molecule has 1 heterocycles. The van der Waals surface area contributed by atoms with Crippen LogP contribution >= 0.6 is 0 Å². The standard InChI is InChI=1S/C12H16N2O6S2/c1-14-10(5-6-21(14,17)18)8-13-22(19,20)11-4-2-3-9(7-11)12(15)16/h2-4,7,10,13H,5-6,8H2,1H3,(H,15,16). The van der Waals surface area contributed by atoms with E-state index in [9.17, 15) is 21.6 Å². The summed E-state index contributed by atoms with van der Waals surface area (Å²) in [6.07, 6.45) is 0.344. The van der Waals surface area contributed by atoms with Crippen LogP contribution in [0.1, 0.15) is 16.8 Å². The van der Waals surface area contributed by atoms with Gasteiger partial charge in [0.2, 0.25) is 20.0 Å². The summed E-state index contributed by atoms with van der Waals surface area (Å²) in [4.78, 5) is 10.7. The second-order valence-electron chi connectivity index (χ2n) is 4.96. The fraction of sp³-hybridized carbons (Fsp3) is 0.417. The summed E-state index contributed by atoms with van der Waals surface area (Å²) in [5.41, 5.74) is -0.136. The zero-order valence-electron chi connectivity index (χ0n) is 11.8. The van der Waals surface area contributed by atoms with Gasteiger partial charge < -0.3 is 5.11 Å². The van der Waals surface area contributed by atoms with E-state index in [-0.39, 0.29) is 22.8 Å². The first-order valence-corrected chi connectivity index (χ1v) is 9.51. The molecule has 0 aromatic heterocycles. The Morgan fingerprint density at radius 1 is 1.45 bits per heavy atom. The Morgan fingerprint density at radius 2 is 2.14 bits per heavy atom. The summed E-state index contributed by atoms with van der Waals surface area (Å²) in [7, 11) is -5.79. The molecular formula is C12H16N2O6S2. The summed E-state index contributed by atoms with van der Waals surface area (Å²) in [6, 6.07) is 4.52. The van der Waals surface area contributed by atoms with Gasteiger partial charge in [0.15, 0.2) is 0 Å². The molecule has 0 bridgehead atoms. The van der Waals surface area contributed by atoms with Gasteiger partial charge in [-0.15, -0.1) is 0 Å². The van der Waals surface area contributed by atoms with Crippen molar-refractivity contribution in [3.05, 3.63) is 29.8 Å². The Balaban J connectivity index is 2.12. The molecular weight excluding hydrogens is 332 g/mol. The molecule has 1 aliphatic heterocycles. The molecule has 1 aliphatic rings. The lowest BCUT2D eigenvalue weighted by atomic mass is 10.2. The fourth-order valence-corrected chi connectivity index (χ4v) is 4.76. The Hall–Kier alpha value is -1.49. The lowest BCUT2D eigenvalue weighted by Crippen LogP contribution is -2.39. The summed E-state index contributed by atoms with van der Waals surface area (Å²) in [6.45, 7) is -0.0602. The fourth-order valence-electron chi connectivity index (χ4n) is 2.15. The lowest BCUT2D eigenvalue weighted by Gasteiger charge is -2.18. The van der Waals surface area contributed by atoms with Crippen molar-refractivity contribution in [1.29, 1.82) is 0 Å². The van der Waals surface area contributed by atoms with E-state index >= 15 is 0 Å². The van der Waals surface area contributed by atoms with Gasteiger partial charge in [0, 0.05) is 19.6 Å². The normalized spacial score (nSPS) is 21.8. The van der Waals surface area contributed by atoms with E-state index in [4.69, 9.17) is 5.11 Å². The maximum atomic E-state index is 12.2. The molecule has 0 saturated carbocycles. The number of carboxylic acid groups (broad SMARTS) is 1. The van der Waals surface area contributed by atoms with Crippen LogP contribution in [0.3, 0.4) is 0 Å². The van der Waals surface area contributed by atoms with Gasteiger partial charge in [0.25, 0.3) is 0 Å². The Morgan fingerprint density at radius 3 is 2.68 bits per heavy atom. The first-order chi connectivity index (χ1) is 10.1. The van der Waals surface area contributed by atoms with Crippen molar-refractivity contribution in [2.75, 3.05) is 19.3 Å². The van der Waals surface area contributed by atoms with E-state index in [1.807, 2.05) is 0 Å². The van der Waals surface area contributed by atoms with Crippen LogP contribution < -0.4 is 4.72 Å². The summed E-state index contributed by atoms with van der Waals surface area (Å²) in [5, 5.41) is 8.88. The molecule has 8 nitrogen and oxygen atoms in total. The minimum Gasteiger partial charge on any atom is -0.478 e. The first-order valence-electron chi connectivity index (χ1n) is 6.42. The van der Waals surface area contributed by atoms with E-state index in [0.717, 1.165) is 10.4 Å². The number of hydrogen-bond donors (Lipinski definition) is 2. The predicted molar refractivity (Wildman–Crippen MR) is 78.5 cm³/mol. The number of benzene rings is 1. The molecule has 2 N–H and O–H groups in total. The Kier molecular flexibility index (Phi) is 4.57. The molecule has 1 aromatic carbocycles. The topological polar surface area (TPSA) is 121 Å². The maximum absolute atomic E-state index is 12.2. The number of carbonyl (C=O) groups is 1. The molecule has 0 aliphatic carbocycles. The zero-order chi connectivity index (χ0) is 16.5. The van der Waals surface area contributed by atoms with Gasteiger partial charge in [-0.1, -0.05) is 6.07 Å². The number of rotatable bonds is 5. The van der Waals surface area contributed by atoms with Gasteiger partial charge in [-0.2, -0.15) is 0 Å². The highest BCUT2D eigenvalue weighted by molar-refractivity contribution is 7.89. The SMILES string of the molecule is CN1C(CNS(=O)(=O)c2cccc(C(=O)O)c2)CCS1(=O)=O. The second-order valence-corrected chi connectivity index (χ2v) is 8.87. The highest BCUT2D eigenvalue weighted by Crippen LogP contribution is 2.19. The van der Waals surface area contributed by atoms with Crippen molar-refractivity contribution in [2.24, 2.45) is 0 Å². The van der Waals surface area contributed by atoms with E-state index in [1.165, 1.54) is 25.2 Å². The summed E-state index contributed by atoms with van der Waals surface area (Å²) in [5.74, 6) is -1.23. The predicted octanol–water partition coefficient (Wildman–Crippen LogP) is -0.303. The molecule has 122 valence electrons. The van der Waals surface area contributed by atoms with Gasteiger partial charge >= 0.3 is 5.97 Å². The molecule has 1 fully saturated rings. The largest absolute Gasteiger partial charge is 0.478 e. The van der Waals surface area contributed by atoms with Gasteiger partial charge in [-0.25, -0.2) is 30.7 Å². The number of carboxylic acids is 1. The van der Waals surface area contributed by atoms with Crippen LogP contribution in [0.2, 0.25) is 0 Å². The van der Waals surface area contributed by atoms with Gasteiger partial charge in [-0.05, 0) is 24.6 Å². The maximum Gasteiger partial charge on any atom is 0.335 e. The number of sulfonamides is 2. The molecule has 1 unspecified atom stereocenters. The average Bonchev–Trinajstić information content (AvgIpc) is 2.71. The first kappa shape index (κ1) is 16.9. The van der Waals surface area contributed by atoms with Gasteiger partial charge in [0.1, 0.15) is 0 Å². The van der Waals surface area contributed by atoms with E-state index in [0.29, 0.717) is 6.42 Å². The molecule has 0 amide bonds. The van der Waals surface area contributed by atoms with Crippen LogP contribution in [-0.2, 0) is 20.0 Å². The van der Waals surface area contributed by atoms with Crippen LogP contribution in [0.4, 0.5) is 0 Å². The third kappa shape index (κ3) is 3.46. The molecule has 1 aromatic rings. The molecule has 10 heteroatoms. The molecule has 1 atom stereocenters. The highest BCUT2D eigenvalue weighted by atomic mass is 32.2. The lowest BCUT2D eigenvalue weighted by molar-refractivity contribution is 0.0696. The molecule has 0 radical (unpaired) electrons. The number of likely N-dealkylation sites (N-methyl/N-ethyl adjacent to an activating group) is 1. The third-order valence-electron chi connectivity index (χ3n) is 3.56. The number of nitrogens with zero attached hydrogens (tertiary/aromatic N) is 1. The minimum absolute atomic E-state index is 0.00953. The van der Waals surface area contributed by atoms with E-state index in [2.05, 4.69) is 4.72 Å². The van der Waals surface area contributed by atoms with Crippen LogP contribution in [0.15, 0.2) is 29.2 Å². The highest BCUT2D eigenvalue weighted by Gasteiger charge is 2.34. The molecule has 0 spiro atoms. The van der Waals surface area contributed by atoms with E-state index < -0.39 is 32.1 Å². The van der Waals surface area contributed by atoms with Gasteiger partial charge in [-0.3, -0.25) is 0 Å². The van der Waals surface area contributed by atoms with Crippen LogP contribution in [0.5, 0.6) is 0 Å². The van der Waals surface area contributed by atoms with Crippen molar-refractivity contribution in [3.8, 4) is 0 Å². The van der Waals surface area contributed by atoms with Crippen molar-refractivity contribution in [1.82, 2.24) is 9.03 Å². The Bertz CT molecular complexity index is 788. The van der Waals surface area contributed by atoms with Crippen molar-refractivity contribution < 1.29 is 26.7 Å². The Labute approximate surface area is 128 Å². The third-order valence-corrected chi connectivity index (χ3v) is 6.91. The average molecular weight is 348 g/mol. The van der Waals surface area contributed by atoms with E-state index in [1.54, 1.807) is 0 Å². The van der Waals surface area contributed by atoms with Crippen molar-refractivity contribution >= 4 is 26.0 Å². The zero-order valence-corrected chi connectivity index (χ0v) is 13.4. The quantitative estimate of drug-likeness (QED) is 0.753. The molecule has 2 rings (SSSR count). The van der Waals surface area contributed by atoms with Crippen LogP contribution in [0, 0.1) is 0 Å². The minimum atomic E-state index is -3.90. The van der Waals surface area contributed by atoms with Crippen LogP contribution in [0.25, 0.3) is 0 Å². The van der Waals surface area contributed by atoms with Crippen molar-refractivity contribution in [3.63, 3.8) is 0 Å². The number of aromatic carboxylic acids is 1. The monoisotopic (exact) mass is 348 g/mol. The van der Waals surface area contributed by atoms with Crippen LogP contribution in [-0.4, -0.2) is 57.6 Å². The second kappa shape index (κ2) is 5.95. The number of nitrogens with one attached hydrogen (secondary N) is 1. The van der Waals surface area contributed by atoms with Gasteiger partial charge in [0.05, 0.1) is 16.2 Å². The summed E-state index contributed by atoms with van der Waals surface area (Å²) >= 11 is 0. The smallest absolute Gasteiger partial charge is 0.335 e. The van der Waals surface area contributed by atoms with Crippen molar-refractivity contribution in [2.45, 2.75) is 17.4 Å². The number of hydrogen-bond acceptors (Lipinski definition) is 5. The molecule has 22 heavy (non-hydrogen) atoms. The summed E-state index contributed by atoms with van der Waals surface area (Å²) < 4.78 is 50.9.